The van der Waals surface area contributed by atoms with Gasteiger partial charge in [0.25, 0.3) is 5.56 Å². The van der Waals surface area contributed by atoms with Crippen LogP contribution in [0.4, 0.5) is 0 Å². The SMILES string of the molecule is Cc1ccc(C(CNC(=O)CCc2nc3c([nH]2)c(=O)[nH]c(=O)n3C)N2CCCC2)cc1. The number of carbonyl (C=O) groups is 1. The van der Waals surface area contributed by atoms with Crippen LogP contribution < -0.4 is 16.6 Å². The van der Waals surface area contributed by atoms with Gasteiger partial charge in [-0.2, -0.15) is 0 Å². The summed E-state index contributed by atoms with van der Waals surface area (Å²) in [7, 11) is 1.54. The molecule has 1 fully saturated rings. The zero-order chi connectivity index (χ0) is 22.0. The monoisotopic (exact) mass is 424 g/mol. The number of nitrogens with zero attached hydrogens (tertiary/aromatic N) is 3. The molecule has 0 saturated carbocycles. The van der Waals surface area contributed by atoms with Crippen molar-refractivity contribution >= 4 is 17.1 Å². The third kappa shape index (κ3) is 4.61. The number of hydrogen-bond acceptors (Lipinski definition) is 5. The number of amides is 1. The van der Waals surface area contributed by atoms with Gasteiger partial charge in [-0.05, 0) is 38.4 Å². The van der Waals surface area contributed by atoms with Gasteiger partial charge in [0.05, 0.1) is 6.04 Å². The molecule has 4 rings (SSSR count). The first kappa shape index (κ1) is 21.0. The van der Waals surface area contributed by atoms with E-state index in [-0.39, 0.29) is 29.5 Å². The zero-order valence-corrected chi connectivity index (χ0v) is 17.9. The van der Waals surface area contributed by atoms with Gasteiger partial charge in [0.2, 0.25) is 5.91 Å². The van der Waals surface area contributed by atoms with Crippen molar-refractivity contribution in [1.82, 2.24) is 29.7 Å². The molecule has 1 aromatic carbocycles. The molecule has 1 amide bonds. The molecule has 3 heterocycles. The number of rotatable bonds is 7. The molecule has 3 aromatic rings. The van der Waals surface area contributed by atoms with Crippen LogP contribution in [0, 0.1) is 6.92 Å². The van der Waals surface area contributed by atoms with Gasteiger partial charge in [0, 0.05) is 26.4 Å². The molecule has 0 radical (unpaired) electrons. The summed E-state index contributed by atoms with van der Waals surface area (Å²) in [4.78, 5) is 48.1. The maximum atomic E-state index is 12.5. The minimum absolute atomic E-state index is 0.0698. The topological polar surface area (TPSA) is 116 Å². The fraction of sp³-hybridized carbons (Fsp3) is 0.455. The van der Waals surface area contributed by atoms with Gasteiger partial charge >= 0.3 is 5.69 Å². The molecule has 0 aliphatic carbocycles. The van der Waals surface area contributed by atoms with Gasteiger partial charge in [-0.15, -0.1) is 0 Å². The molecule has 1 saturated heterocycles. The first-order valence-corrected chi connectivity index (χ1v) is 10.7. The summed E-state index contributed by atoms with van der Waals surface area (Å²) in [5.41, 5.74) is 1.94. The van der Waals surface area contributed by atoms with E-state index in [1.165, 1.54) is 28.5 Å². The summed E-state index contributed by atoms with van der Waals surface area (Å²) in [6.07, 6.45) is 2.97. The number of fused-ring (bicyclic) bond motifs is 1. The largest absolute Gasteiger partial charge is 0.354 e. The van der Waals surface area contributed by atoms with Crippen LogP contribution in [0.1, 0.15) is 42.3 Å². The second kappa shape index (κ2) is 8.89. The minimum atomic E-state index is -0.516. The van der Waals surface area contributed by atoms with Crippen molar-refractivity contribution in [3.63, 3.8) is 0 Å². The lowest BCUT2D eigenvalue weighted by atomic mass is 10.0. The highest BCUT2D eigenvalue weighted by Crippen LogP contribution is 2.25. The molecular formula is C22H28N6O3. The molecule has 1 aliphatic rings. The number of imidazole rings is 1. The molecule has 1 aliphatic heterocycles. The lowest BCUT2D eigenvalue weighted by Crippen LogP contribution is -2.36. The molecular weight excluding hydrogens is 396 g/mol. The number of benzene rings is 1. The van der Waals surface area contributed by atoms with Crippen molar-refractivity contribution in [2.45, 2.75) is 38.6 Å². The van der Waals surface area contributed by atoms with Crippen molar-refractivity contribution in [2.24, 2.45) is 7.05 Å². The average molecular weight is 425 g/mol. The highest BCUT2D eigenvalue weighted by atomic mass is 16.2. The van der Waals surface area contributed by atoms with Gasteiger partial charge in [0.1, 0.15) is 11.3 Å². The normalized spacial score (nSPS) is 15.4. The number of aromatic nitrogens is 4. The van der Waals surface area contributed by atoms with E-state index in [9.17, 15) is 14.4 Å². The van der Waals surface area contributed by atoms with Crippen LogP contribution in [0.5, 0.6) is 0 Å². The number of nitrogens with one attached hydrogen (secondary N) is 3. The van der Waals surface area contributed by atoms with Crippen LogP contribution in [0.2, 0.25) is 0 Å². The number of aromatic amines is 2. The van der Waals surface area contributed by atoms with Gasteiger partial charge < -0.3 is 10.3 Å². The van der Waals surface area contributed by atoms with E-state index in [1.807, 2.05) is 0 Å². The Morgan fingerprint density at radius 2 is 1.87 bits per heavy atom. The molecule has 164 valence electrons. The van der Waals surface area contributed by atoms with E-state index < -0.39 is 11.2 Å². The maximum Gasteiger partial charge on any atom is 0.329 e. The first-order chi connectivity index (χ1) is 14.9. The molecule has 0 bridgehead atoms. The smallest absolute Gasteiger partial charge is 0.329 e. The maximum absolute atomic E-state index is 12.5. The number of aryl methyl sites for hydroxylation is 3. The molecule has 31 heavy (non-hydrogen) atoms. The number of H-pyrrole nitrogens is 2. The average Bonchev–Trinajstić information content (AvgIpc) is 3.43. The third-order valence-electron chi connectivity index (χ3n) is 5.93. The summed E-state index contributed by atoms with van der Waals surface area (Å²) >= 11 is 0. The van der Waals surface area contributed by atoms with Crippen LogP contribution in [-0.2, 0) is 18.3 Å². The van der Waals surface area contributed by atoms with Crippen LogP contribution >= 0.6 is 0 Å². The molecule has 3 N–H and O–H groups in total. The molecule has 9 nitrogen and oxygen atoms in total. The van der Waals surface area contributed by atoms with Crippen LogP contribution in [0.15, 0.2) is 33.9 Å². The molecule has 2 aromatic heterocycles. The quantitative estimate of drug-likeness (QED) is 0.526. The Kier molecular flexibility index (Phi) is 6.03. The predicted molar refractivity (Wildman–Crippen MR) is 118 cm³/mol. The van der Waals surface area contributed by atoms with Gasteiger partial charge in [-0.1, -0.05) is 29.8 Å². The van der Waals surface area contributed by atoms with Gasteiger partial charge in [0.15, 0.2) is 5.65 Å². The lowest BCUT2D eigenvalue weighted by Gasteiger charge is -2.28. The van der Waals surface area contributed by atoms with E-state index in [2.05, 4.69) is 56.4 Å². The number of likely N-dealkylation sites (tertiary alicyclic amines) is 1. The second-order valence-electron chi connectivity index (χ2n) is 8.17. The summed E-state index contributed by atoms with van der Waals surface area (Å²) in [6, 6.07) is 8.65. The van der Waals surface area contributed by atoms with Gasteiger partial charge in [-0.25, -0.2) is 9.78 Å². The van der Waals surface area contributed by atoms with E-state index in [4.69, 9.17) is 0 Å². The van der Waals surface area contributed by atoms with Crippen molar-refractivity contribution in [1.29, 1.82) is 0 Å². The highest BCUT2D eigenvalue weighted by Gasteiger charge is 2.24. The van der Waals surface area contributed by atoms with Gasteiger partial charge in [-0.3, -0.25) is 24.0 Å². The zero-order valence-electron chi connectivity index (χ0n) is 17.9. The van der Waals surface area contributed by atoms with Crippen LogP contribution in [0.3, 0.4) is 0 Å². The van der Waals surface area contributed by atoms with E-state index in [1.54, 1.807) is 7.05 Å². The summed E-state index contributed by atoms with van der Waals surface area (Å²) in [5.74, 6) is 0.436. The standard InChI is InChI=1S/C22H28N6O3/c1-14-5-7-15(8-6-14)16(28-11-3-4-12-28)13-23-18(29)10-9-17-24-19-20(25-17)27(2)22(31)26-21(19)30/h5-8,16H,3-4,9-13H2,1-2H3,(H,23,29)(H,24,25)(H,26,30,31). The predicted octanol–water partition coefficient (Wildman–Crippen LogP) is 1.14. The summed E-state index contributed by atoms with van der Waals surface area (Å²) in [6.45, 7) is 4.71. The van der Waals surface area contributed by atoms with E-state index in [0.29, 0.717) is 18.8 Å². The van der Waals surface area contributed by atoms with Crippen molar-refractivity contribution in [3.8, 4) is 0 Å². The van der Waals surface area contributed by atoms with Crippen molar-refractivity contribution in [3.05, 3.63) is 62.1 Å². The van der Waals surface area contributed by atoms with Crippen molar-refractivity contribution < 1.29 is 4.79 Å². The first-order valence-electron chi connectivity index (χ1n) is 10.7. The number of carbonyl (C=O) groups excluding carboxylic acids is 1. The summed E-state index contributed by atoms with van der Waals surface area (Å²) < 4.78 is 1.28. The third-order valence-corrected chi connectivity index (χ3v) is 5.93. The Morgan fingerprint density at radius 1 is 1.16 bits per heavy atom. The Labute approximate surface area is 179 Å². The fourth-order valence-electron chi connectivity index (χ4n) is 4.10. The molecule has 1 unspecified atom stereocenters. The molecule has 0 spiro atoms. The van der Waals surface area contributed by atoms with Crippen molar-refractivity contribution in [2.75, 3.05) is 19.6 Å². The van der Waals surface area contributed by atoms with E-state index in [0.717, 1.165) is 13.1 Å². The Morgan fingerprint density at radius 3 is 2.58 bits per heavy atom. The Balaban J connectivity index is 1.39. The second-order valence-corrected chi connectivity index (χ2v) is 8.17. The molecule has 1 atom stereocenters. The number of hydrogen-bond donors (Lipinski definition) is 3. The fourth-order valence-corrected chi connectivity index (χ4v) is 4.10. The Bertz CT molecular complexity index is 1180. The molecule has 9 heteroatoms. The Hall–Kier alpha value is -3.20. The van der Waals surface area contributed by atoms with Crippen LogP contribution in [0.25, 0.3) is 11.2 Å². The highest BCUT2D eigenvalue weighted by molar-refractivity contribution is 5.76. The van der Waals surface area contributed by atoms with Crippen LogP contribution in [-0.4, -0.2) is 50.0 Å². The summed E-state index contributed by atoms with van der Waals surface area (Å²) in [5, 5.41) is 3.06. The van der Waals surface area contributed by atoms with E-state index >= 15 is 0 Å². The minimum Gasteiger partial charge on any atom is -0.354 e. The lowest BCUT2D eigenvalue weighted by molar-refractivity contribution is -0.121.